The van der Waals surface area contributed by atoms with Gasteiger partial charge in [0.05, 0.1) is 13.2 Å². The second-order valence-corrected chi connectivity index (χ2v) is 9.36. The van der Waals surface area contributed by atoms with Gasteiger partial charge in [-0.25, -0.2) is 0 Å². The molecular weight excluding hydrogens is 448 g/mol. The summed E-state index contributed by atoms with van der Waals surface area (Å²) < 4.78 is 16.9. The van der Waals surface area contributed by atoms with Gasteiger partial charge in [0.2, 0.25) is 0 Å². The standard InChI is InChI=1S/C26H32N4O5/c1-26(2,3)22-17-23(28-35-22)27-25(31)24(29-32-4)20-9-10-21(19-8-6-5-7-18(19)20)34-16-13-30-11-14-33-15-12-30/h5-10,17H,11-16H2,1-4H3,(H,27,28,31). The predicted molar refractivity (Wildman–Crippen MR) is 134 cm³/mol. The summed E-state index contributed by atoms with van der Waals surface area (Å²) in [6.45, 7) is 10.8. The number of hydrogen-bond donors (Lipinski definition) is 1. The van der Waals surface area contributed by atoms with Crippen LogP contribution >= 0.6 is 0 Å². The van der Waals surface area contributed by atoms with E-state index in [1.54, 1.807) is 6.07 Å². The van der Waals surface area contributed by atoms with Crippen LogP contribution < -0.4 is 10.1 Å². The van der Waals surface area contributed by atoms with E-state index in [0.717, 1.165) is 49.4 Å². The summed E-state index contributed by atoms with van der Waals surface area (Å²) in [5.74, 6) is 1.28. The Morgan fingerprint density at radius 2 is 1.89 bits per heavy atom. The van der Waals surface area contributed by atoms with E-state index in [1.807, 2.05) is 57.2 Å². The molecular formula is C26H32N4O5. The number of carbonyl (C=O) groups excluding carboxylic acids is 1. The molecule has 35 heavy (non-hydrogen) atoms. The van der Waals surface area contributed by atoms with Gasteiger partial charge < -0.3 is 24.2 Å². The van der Waals surface area contributed by atoms with Crippen LogP contribution in [0, 0.1) is 0 Å². The summed E-state index contributed by atoms with van der Waals surface area (Å²) in [4.78, 5) is 20.5. The molecule has 186 valence electrons. The first kappa shape index (κ1) is 24.7. The Kier molecular flexibility index (Phi) is 7.67. The lowest BCUT2D eigenvalue weighted by Crippen LogP contribution is -2.38. The van der Waals surface area contributed by atoms with E-state index < -0.39 is 5.91 Å². The molecule has 4 rings (SSSR count). The number of benzene rings is 2. The normalized spacial score (nSPS) is 15.3. The van der Waals surface area contributed by atoms with E-state index in [-0.39, 0.29) is 11.1 Å². The number of fused-ring (bicyclic) bond motifs is 1. The van der Waals surface area contributed by atoms with Gasteiger partial charge in [0.1, 0.15) is 25.2 Å². The van der Waals surface area contributed by atoms with Crippen molar-refractivity contribution in [3.05, 3.63) is 53.8 Å². The van der Waals surface area contributed by atoms with E-state index in [4.69, 9.17) is 18.8 Å². The zero-order chi connectivity index (χ0) is 24.8. The molecule has 1 N–H and O–H groups in total. The molecule has 3 aromatic rings. The zero-order valence-electron chi connectivity index (χ0n) is 20.7. The fourth-order valence-corrected chi connectivity index (χ4v) is 3.88. The Labute approximate surface area is 205 Å². The van der Waals surface area contributed by atoms with Crippen molar-refractivity contribution in [2.24, 2.45) is 5.16 Å². The number of morpholine rings is 1. The summed E-state index contributed by atoms with van der Waals surface area (Å²) in [6, 6.07) is 13.2. The van der Waals surface area contributed by atoms with Crippen molar-refractivity contribution in [1.82, 2.24) is 10.1 Å². The third-order valence-corrected chi connectivity index (χ3v) is 5.80. The zero-order valence-corrected chi connectivity index (χ0v) is 20.7. The lowest BCUT2D eigenvalue weighted by molar-refractivity contribution is -0.110. The van der Waals surface area contributed by atoms with Gasteiger partial charge in [-0.3, -0.25) is 9.69 Å². The number of nitrogens with zero attached hydrogens (tertiary/aromatic N) is 3. The van der Waals surface area contributed by atoms with E-state index in [9.17, 15) is 4.79 Å². The van der Waals surface area contributed by atoms with Crippen LogP contribution in [0.2, 0.25) is 0 Å². The van der Waals surface area contributed by atoms with Crippen LogP contribution in [0.25, 0.3) is 10.8 Å². The van der Waals surface area contributed by atoms with Gasteiger partial charge in [0.25, 0.3) is 5.91 Å². The number of oxime groups is 1. The Morgan fingerprint density at radius 3 is 2.57 bits per heavy atom. The van der Waals surface area contributed by atoms with Gasteiger partial charge >= 0.3 is 0 Å². The minimum Gasteiger partial charge on any atom is -0.492 e. The predicted octanol–water partition coefficient (Wildman–Crippen LogP) is 3.83. The van der Waals surface area contributed by atoms with Crippen LogP contribution in [0.1, 0.15) is 32.1 Å². The maximum absolute atomic E-state index is 13.2. The van der Waals surface area contributed by atoms with Gasteiger partial charge in [-0.05, 0) is 17.5 Å². The van der Waals surface area contributed by atoms with E-state index in [0.29, 0.717) is 23.7 Å². The smallest absolute Gasteiger partial charge is 0.279 e. The first-order valence-corrected chi connectivity index (χ1v) is 11.7. The fourth-order valence-electron chi connectivity index (χ4n) is 3.88. The fraction of sp³-hybridized carbons (Fsp3) is 0.423. The summed E-state index contributed by atoms with van der Waals surface area (Å²) in [7, 11) is 1.41. The highest BCUT2D eigenvalue weighted by Gasteiger charge is 2.23. The van der Waals surface area contributed by atoms with Gasteiger partial charge in [0.15, 0.2) is 11.5 Å². The molecule has 0 atom stereocenters. The molecule has 0 radical (unpaired) electrons. The van der Waals surface area contributed by atoms with Crippen LogP contribution in [-0.4, -0.2) is 68.2 Å². The Balaban J connectivity index is 1.55. The van der Waals surface area contributed by atoms with Crippen molar-refractivity contribution >= 4 is 28.2 Å². The van der Waals surface area contributed by atoms with Gasteiger partial charge in [0, 0.05) is 42.1 Å². The van der Waals surface area contributed by atoms with Crippen molar-refractivity contribution in [3.63, 3.8) is 0 Å². The maximum atomic E-state index is 13.2. The number of amides is 1. The summed E-state index contributed by atoms with van der Waals surface area (Å²) in [5, 5.41) is 12.5. The highest BCUT2D eigenvalue weighted by atomic mass is 16.6. The number of ether oxygens (including phenoxy) is 2. The SMILES string of the molecule is CON=C(C(=O)Nc1cc(C(C)(C)C)on1)c1ccc(OCCN2CCOCC2)c2ccccc12. The monoisotopic (exact) mass is 480 g/mol. The van der Waals surface area contributed by atoms with Gasteiger partial charge in [-0.2, -0.15) is 0 Å². The molecule has 1 saturated heterocycles. The number of carbonyl (C=O) groups is 1. The van der Waals surface area contributed by atoms with Gasteiger partial charge in [-0.15, -0.1) is 0 Å². The molecule has 9 nitrogen and oxygen atoms in total. The molecule has 0 spiro atoms. The molecule has 0 unspecified atom stereocenters. The molecule has 0 bridgehead atoms. The second-order valence-electron chi connectivity index (χ2n) is 9.36. The Morgan fingerprint density at radius 1 is 1.14 bits per heavy atom. The van der Waals surface area contributed by atoms with Crippen LogP contribution in [-0.2, 0) is 19.8 Å². The number of nitrogens with one attached hydrogen (secondary N) is 1. The van der Waals surface area contributed by atoms with Crippen molar-refractivity contribution in [3.8, 4) is 5.75 Å². The molecule has 0 aliphatic carbocycles. The van der Waals surface area contributed by atoms with Crippen molar-refractivity contribution in [1.29, 1.82) is 0 Å². The van der Waals surface area contributed by atoms with Crippen molar-refractivity contribution in [2.75, 3.05) is 51.9 Å². The molecule has 1 aromatic heterocycles. The number of anilines is 1. The third kappa shape index (κ3) is 5.98. The minimum atomic E-state index is -0.452. The summed E-state index contributed by atoms with van der Waals surface area (Å²) in [5.41, 5.74) is 0.525. The molecule has 9 heteroatoms. The Hall–Kier alpha value is -3.43. The molecule has 1 aliphatic heterocycles. The molecule has 2 aromatic carbocycles. The first-order chi connectivity index (χ1) is 16.9. The lowest BCUT2D eigenvalue weighted by Gasteiger charge is -2.26. The first-order valence-electron chi connectivity index (χ1n) is 11.7. The van der Waals surface area contributed by atoms with E-state index in [1.165, 1.54) is 7.11 Å². The average molecular weight is 481 g/mol. The largest absolute Gasteiger partial charge is 0.492 e. The van der Waals surface area contributed by atoms with Crippen molar-refractivity contribution in [2.45, 2.75) is 26.2 Å². The van der Waals surface area contributed by atoms with Crippen LogP contribution in [0.5, 0.6) is 5.75 Å². The molecule has 1 fully saturated rings. The minimum absolute atomic E-state index is 0.129. The summed E-state index contributed by atoms with van der Waals surface area (Å²) >= 11 is 0. The molecule has 1 amide bonds. The quantitative estimate of drug-likeness (QED) is 0.386. The topological polar surface area (TPSA) is 98.4 Å². The highest BCUT2D eigenvalue weighted by Crippen LogP contribution is 2.30. The van der Waals surface area contributed by atoms with E-state index in [2.05, 4.69) is 20.5 Å². The van der Waals surface area contributed by atoms with Crippen LogP contribution in [0.4, 0.5) is 5.82 Å². The third-order valence-electron chi connectivity index (χ3n) is 5.80. The van der Waals surface area contributed by atoms with Crippen LogP contribution in [0.15, 0.2) is 52.1 Å². The molecule has 2 heterocycles. The number of rotatable bonds is 8. The van der Waals surface area contributed by atoms with Crippen LogP contribution in [0.3, 0.4) is 0 Å². The van der Waals surface area contributed by atoms with Gasteiger partial charge in [-0.1, -0.05) is 55.3 Å². The lowest BCUT2D eigenvalue weighted by atomic mass is 9.93. The second kappa shape index (κ2) is 10.9. The average Bonchev–Trinajstić information content (AvgIpc) is 3.33. The molecule has 0 saturated carbocycles. The molecule has 1 aliphatic rings. The summed E-state index contributed by atoms with van der Waals surface area (Å²) in [6.07, 6.45) is 0. The van der Waals surface area contributed by atoms with E-state index >= 15 is 0 Å². The maximum Gasteiger partial charge on any atom is 0.279 e. The highest BCUT2D eigenvalue weighted by molar-refractivity contribution is 6.50. The number of hydrogen-bond acceptors (Lipinski definition) is 8. The van der Waals surface area contributed by atoms with Crippen molar-refractivity contribution < 1.29 is 23.6 Å². The Bertz CT molecular complexity index is 1190. The number of aromatic nitrogens is 1.